The van der Waals surface area contributed by atoms with Crippen LogP contribution in [0, 0.1) is 0 Å². The van der Waals surface area contributed by atoms with E-state index >= 15 is 0 Å². The predicted molar refractivity (Wildman–Crippen MR) is 115 cm³/mol. The van der Waals surface area contributed by atoms with Crippen LogP contribution in [0.3, 0.4) is 0 Å². The van der Waals surface area contributed by atoms with Crippen molar-refractivity contribution in [1.29, 1.82) is 0 Å². The van der Waals surface area contributed by atoms with Crippen LogP contribution in [-0.4, -0.2) is 27.3 Å². The summed E-state index contributed by atoms with van der Waals surface area (Å²) in [5.74, 6) is 0.584. The molecule has 1 atom stereocenters. The lowest BCUT2D eigenvalue weighted by molar-refractivity contribution is -0.138. The van der Waals surface area contributed by atoms with E-state index in [-0.39, 0.29) is 6.42 Å². The summed E-state index contributed by atoms with van der Waals surface area (Å²) >= 11 is 0. The highest BCUT2D eigenvalue weighted by molar-refractivity contribution is 5.73. The molecule has 0 aliphatic heterocycles. The van der Waals surface area contributed by atoms with E-state index in [1.807, 2.05) is 78.9 Å². The fraction of sp³-hybridized carbons (Fsp3) is 0.125. The van der Waals surface area contributed by atoms with Crippen LogP contribution < -0.4 is 10.5 Å². The number of aliphatic carboxylic acids is 1. The highest BCUT2D eigenvalue weighted by atomic mass is 16.5. The van der Waals surface area contributed by atoms with Crippen LogP contribution in [0.15, 0.2) is 83.4 Å². The molecule has 0 bridgehead atoms. The van der Waals surface area contributed by atoms with E-state index in [0.717, 1.165) is 28.0 Å². The molecule has 0 amide bonds. The Kier molecular flexibility index (Phi) is 6.05. The summed E-state index contributed by atoms with van der Waals surface area (Å²) in [4.78, 5) is 15.3. The standard InChI is InChI=1S/C24H21N3O4/c25-21(24(28)29)14-16-6-8-18(9-7-16)22-26-23(31-27-22)19-10-12-20(13-11-19)30-15-17-4-2-1-3-5-17/h1-13,21H,14-15,25H2,(H,28,29)/t21-/m0/s1. The summed E-state index contributed by atoms with van der Waals surface area (Å²) in [6.07, 6.45) is 0.256. The van der Waals surface area contributed by atoms with Crippen LogP contribution >= 0.6 is 0 Å². The molecule has 1 aromatic heterocycles. The third kappa shape index (κ3) is 5.15. The van der Waals surface area contributed by atoms with Gasteiger partial charge in [-0.1, -0.05) is 59.8 Å². The zero-order valence-corrected chi connectivity index (χ0v) is 16.6. The first kappa shape index (κ1) is 20.3. The number of hydrogen-bond donors (Lipinski definition) is 2. The number of nitrogens with zero attached hydrogens (tertiary/aromatic N) is 2. The number of carboxylic acids is 1. The second-order valence-electron chi connectivity index (χ2n) is 7.07. The summed E-state index contributed by atoms with van der Waals surface area (Å²) in [7, 11) is 0. The van der Waals surface area contributed by atoms with Gasteiger partial charge in [-0.05, 0) is 41.8 Å². The Hall–Kier alpha value is -3.97. The van der Waals surface area contributed by atoms with Crippen LogP contribution in [0.25, 0.3) is 22.8 Å². The van der Waals surface area contributed by atoms with E-state index in [1.165, 1.54) is 0 Å². The van der Waals surface area contributed by atoms with Gasteiger partial charge in [0.05, 0.1) is 0 Å². The number of carbonyl (C=O) groups is 1. The van der Waals surface area contributed by atoms with Crippen molar-refractivity contribution in [2.45, 2.75) is 19.1 Å². The maximum Gasteiger partial charge on any atom is 0.320 e. The van der Waals surface area contributed by atoms with Crippen molar-refractivity contribution >= 4 is 5.97 Å². The van der Waals surface area contributed by atoms with Crippen molar-refractivity contribution in [2.75, 3.05) is 0 Å². The van der Waals surface area contributed by atoms with E-state index in [9.17, 15) is 4.79 Å². The molecule has 1 heterocycles. The molecule has 156 valence electrons. The molecule has 0 radical (unpaired) electrons. The summed E-state index contributed by atoms with van der Waals surface area (Å²) in [6.45, 7) is 0.498. The predicted octanol–water partition coefficient (Wildman–Crippen LogP) is 3.94. The Morgan fingerprint density at radius 2 is 1.61 bits per heavy atom. The Balaban J connectivity index is 1.40. The third-order valence-corrected chi connectivity index (χ3v) is 4.76. The molecule has 0 saturated heterocycles. The van der Waals surface area contributed by atoms with Gasteiger partial charge in [-0.2, -0.15) is 4.98 Å². The number of carboxylic acid groups (broad SMARTS) is 1. The lowest BCUT2D eigenvalue weighted by Gasteiger charge is -2.06. The first-order valence-corrected chi connectivity index (χ1v) is 9.77. The van der Waals surface area contributed by atoms with Crippen molar-refractivity contribution in [2.24, 2.45) is 5.73 Å². The van der Waals surface area contributed by atoms with E-state index in [0.29, 0.717) is 18.3 Å². The van der Waals surface area contributed by atoms with E-state index in [1.54, 1.807) is 0 Å². The molecule has 0 fully saturated rings. The third-order valence-electron chi connectivity index (χ3n) is 4.76. The molecule has 3 N–H and O–H groups in total. The van der Waals surface area contributed by atoms with Crippen LogP contribution in [0.1, 0.15) is 11.1 Å². The lowest BCUT2D eigenvalue weighted by atomic mass is 10.0. The van der Waals surface area contributed by atoms with Crippen LogP contribution in [0.5, 0.6) is 5.75 Å². The Morgan fingerprint density at radius 3 is 2.29 bits per heavy atom. The molecule has 31 heavy (non-hydrogen) atoms. The number of nitrogens with two attached hydrogens (primary N) is 1. The van der Waals surface area contributed by atoms with Gasteiger partial charge in [-0.3, -0.25) is 4.79 Å². The molecule has 3 aromatic carbocycles. The van der Waals surface area contributed by atoms with Gasteiger partial charge in [0.25, 0.3) is 5.89 Å². The SMILES string of the molecule is N[C@@H](Cc1ccc(-c2noc(-c3ccc(OCc4ccccc4)cc3)n2)cc1)C(=O)O. The fourth-order valence-electron chi connectivity index (χ4n) is 3.02. The highest BCUT2D eigenvalue weighted by Crippen LogP contribution is 2.25. The van der Waals surface area contributed by atoms with Crippen molar-refractivity contribution in [3.05, 3.63) is 90.0 Å². The smallest absolute Gasteiger partial charge is 0.320 e. The second-order valence-corrected chi connectivity index (χ2v) is 7.07. The molecule has 0 aliphatic rings. The lowest BCUT2D eigenvalue weighted by Crippen LogP contribution is -2.32. The van der Waals surface area contributed by atoms with Gasteiger partial charge in [0.15, 0.2) is 0 Å². The molecule has 7 heteroatoms. The molecule has 0 aliphatic carbocycles. The van der Waals surface area contributed by atoms with E-state index < -0.39 is 12.0 Å². The topological polar surface area (TPSA) is 111 Å². The van der Waals surface area contributed by atoms with Crippen molar-refractivity contribution in [3.63, 3.8) is 0 Å². The largest absolute Gasteiger partial charge is 0.489 e. The number of aromatic nitrogens is 2. The van der Waals surface area contributed by atoms with Crippen LogP contribution in [0.4, 0.5) is 0 Å². The zero-order chi connectivity index (χ0) is 21.6. The fourth-order valence-corrected chi connectivity index (χ4v) is 3.02. The Labute approximate surface area is 179 Å². The minimum Gasteiger partial charge on any atom is -0.489 e. The summed E-state index contributed by atoms with van der Waals surface area (Å²) in [5, 5.41) is 13.0. The van der Waals surface area contributed by atoms with Gasteiger partial charge in [0, 0.05) is 11.1 Å². The normalized spacial score (nSPS) is 11.8. The maximum atomic E-state index is 10.9. The number of ether oxygens (including phenoxy) is 1. The zero-order valence-electron chi connectivity index (χ0n) is 16.6. The minimum absolute atomic E-state index is 0.256. The quantitative estimate of drug-likeness (QED) is 0.448. The van der Waals surface area contributed by atoms with Gasteiger partial charge in [0.2, 0.25) is 5.82 Å². The van der Waals surface area contributed by atoms with Crippen LogP contribution in [0.2, 0.25) is 0 Å². The highest BCUT2D eigenvalue weighted by Gasteiger charge is 2.14. The second kappa shape index (κ2) is 9.23. The Bertz CT molecular complexity index is 1140. The molecule has 0 unspecified atom stereocenters. The Morgan fingerprint density at radius 1 is 0.935 bits per heavy atom. The molecule has 4 aromatic rings. The van der Waals surface area contributed by atoms with Gasteiger partial charge in [-0.15, -0.1) is 0 Å². The molecule has 0 saturated carbocycles. The van der Waals surface area contributed by atoms with Crippen molar-refractivity contribution in [3.8, 4) is 28.6 Å². The monoisotopic (exact) mass is 415 g/mol. The summed E-state index contributed by atoms with van der Waals surface area (Å²) in [6, 6.07) is 23.8. The number of benzene rings is 3. The molecule has 0 spiro atoms. The van der Waals surface area contributed by atoms with Crippen molar-refractivity contribution in [1.82, 2.24) is 10.1 Å². The molecule has 7 nitrogen and oxygen atoms in total. The van der Waals surface area contributed by atoms with Gasteiger partial charge in [0.1, 0.15) is 18.4 Å². The number of rotatable bonds is 8. The summed E-state index contributed by atoms with van der Waals surface area (Å²) < 4.78 is 11.2. The van der Waals surface area contributed by atoms with E-state index in [2.05, 4.69) is 10.1 Å². The summed E-state index contributed by atoms with van der Waals surface area (Å²) in [5.41, 5.74) is 9.06. The first-order valence-electron chi connectivity index (χ1n) is 9.77. The van der Waals surface area contributed by atoms with E-state index in [4.69, 9.17) is 20.1 Å². The first-order chi connectivity index (χ1) is 15.1. The maximum absolute atomic E-state index is 10.9. The van der Waals surface area contributed by atoms with Gasteiger partial charge < -0.3 is 20.1 Å². The van der Waals surface area contributed by atoms with Gasteiger partial charge in [-0.25, -0.2) is 0 Å². The van der Waals surface area contributed by atoms with Crippen LogP contribution in [-0.2, 0) is 17.8 Å². The number of hydrogen-bond acceptors (Lipinski definition) is 6. The van der Waals surface area contributed by atoms with Gasteiger partial charge >= 0.3 is 5.97 Å². The van der Waals surface area contributed by atoms with Crippen molar-refractivity contribution < 1.29 is 19.2 Å². The average molecular weight is 415 g/mol. The molecule has 4 rings (SSSR count). The average Bonchev–Trinajstić information content (AvgIpc) is 3.29. The molecular formula is C24H21N3O4. The molecular weight excluding hydrogens is 394 g/mol. The minimum atomic E-state index is -1.02.